The third-order valence-electron chi connectivity index (χ3n) is 3.83. The van der Waals surface area contributed by atoms with Gasteiger partial charge in [0.15, 0.2) is 0 Å². The molecule has 2 aromatic rings. The first-order valence-electron chi connectivity index (χ1n) is 7.25. The number of methoxy groups -OCH3 is 1. The van der Waals surface area contributed by atoms with E-state index in [2.05, 4.69) is 15.5 Å². The van der Waals surface area contributed by atoms with Gasteiger partial charge in [-0.05, 0) is 31.2 Å². The standard InChI is InChI=1S/C14H14N4O5S/c1-23-14(20)10-7-4-2-3-5-9(7)24-13(10)16-12(19)11-8(18(21)22)6-15-17-11/h6H,2-5H2,1H3,(H,15,17)(H,16,19). The van der Waals surface area contributed by atoms with Crippen molar-refractivity contribution in [3.63, 3.8) is 0 Å². The third kappa shape index (κ3) is 2.75. The van der Waals surface area contributed by atoms with Crippen molar-refractivity contribution in [1.82, 2.24) is 10.2 Å². The summed E-state index contributed by atoms with van der Waals surface area (Å²) in [5.74, 6) is -1.24. The minimum Gasteiger partial charge on any atom is -0.465 e. The van der Waals surface area contributed by atoms with Crippen LogP contribution in [0.15, 0.2) is 6.20 Å². The van der Waals surface area contributed by atoms with Crippen LogP contribution in [0.4, 0.5) is 10.7 Å². The van der Waals surface area contributed by atoms with Gasteiger partial charge in [0.05, 0.1) is 17.6 Å². The summed E-state index contributed by atoms with van der Waals surface area (Å²) in [4.78, 5) is 35.7. The zero-order valence-electron chi connectivity index (χ0n) is 12.7. The molecule has 9 nitrogen and oxygen atoms in total. The van der Waals surface area contributed by atoms with E-state index in [4.69, 9.17) is 4.74 Å². The monoisotopic (exact) mass is 350 g/mol. The molecule has 2 heterocycles. The molecular weight excluding hydrogens is 336 g/mol. The molecule has 0 aromatic carbocycles. The molecule has 0 unspecified atom stereocenters. The summed E-state index contributed by atoms with van der Waals surface area (Å²) in [6.07, 6.45) is 4.54. The van der Waals surface area contributed by atoms with E-state index in [1.165, 1.54) is 18.4 Å². The minimum atomic E-state index is -0.719. The normalized spacial score (nSPS) is 13.2. The second-order valence-corrected chi connectivity index (χ2v) is 6.35. The van der Waals surface area contributed by atoms with Gasteiger partial charge in [-0.2, -0.15) is 5.10 Å². The fourth-order valence-corrected chi connectivity index (χ4v) is 4.00. The Hall–Kier alpha value is -2.75. The summed E-state index contributed by atoms with van der Waals surface area (Å²) in [5.41, 5.74) is 0.552. The summed E-state index contributed by atoms with van der Waals surface area (Å²) in [6.45, 7) is 0. The first-order valence-corrected chi connectivity index (χ1v) is 8.06. The Morgan fingerprint density at radius 1 is 1.42 bits per heavy atom. The van der Waals surface area contributed by atoms with Gasteiger partial charge in [0.1, 0.15) is 11.2 Å². The lowest BCUT2D eigenvalue weighted by atomic mass is 9.95. The molecule has 10 heteroatoms. The Morgan fingerprint density at radius 3 is 2.88 bits per heavy atom. The Bertz CT molecular complexity index is 825. The maximum atomic E-state index is 12.3. The highest BCUT2D eigenvalue weighted by molar-refractivity contribution is 7.17. The van der Waals surface area contributed by atoms with Crippen LogP contribution in [0, 0.1) is 10.1 Å². The number of hydrogen-bond donors (Lipinski definition) is 2. The summed E-state index contributed by atoms with van der Waals surface area (Å²) >= 11 is 1.31. The molecule has 1 aliphatic carbocycles. The number of aromatic amines is 1. The number of ether oxygens (including phenoxy) is 1. The van der Waals surface area contributed by atoms with Gasteiger partial charge in [0.25, 0.3) is 5.91 Å². The maximum Gasteiger partial charge on any atom is 0.341 e. The Morgan fingerprint density at radius 2 is 2.17 bits per heavy atom. The van der Waals surface area contributed by atoms with Crippen LogP contribution in [0.1, 0.15) is 44.1 Å². The van der Waals surface area contributed by atoms with Gasteiger partial charge < -0.3 is 10.1 Å². The third-order valence-corrected chi connectivity index (χ3v) is 5.04. The number of nitrogens with one attached hydrogen (secondary N) is 2. The number of H-pyrrole nitrogens is 1. The molecule has 2 N–H and O–H groups in total. The molecule has 1 amide bonds. The van der Waals surface area contributed by atoms with Crippen LogP contribution in [0.2, 0.25) is 0 Å². The SMILES string of the molecule is COC(=O)c1c(NC(=O)c2[nH]ncc2[N+](=O)[O-])sc2c1CCCC2. The number of amides is 1. The van der Waals surface area contributed by atoms with Gasteiger partial charge in [0.2, 0.25) is 5.69 Å². The molecule has 24 heavy (non-hydrogen) atoms. The van der Waals surface area contributed by atoms with Gasteiger partial charge in [-0.3, -0.25) is 20.0 Å². The minimum absolute atomic E-state index is 0.262. The van der Waals surface area contributed by atoms with Crippen molar-refractivity contribution in [2.45, 2.75) is 25.7 Å². The molecule has 0 fully saturated rings. The van der Waals surface area contributed by atoms with Crippen molar-refractivity contribution in [1.29, 1.82) is 0 Å². The Balaban J connectivity index is 1.96. The maximum absolute atomic E-state index is 12.3. The van der Waals surface area contributed by atoms with E-state index in [1.54, 1.807) is 0 Å². The number of aryl methyl sites for hydroxylation is 1. The number of nitrogens with zero attached hydrogens (tertiary/aromatic N) is 2. The van der Waals surface area contributed by atoms with Crippen molar-refractivity contribution in [3.8, 4) is 0 Å². The lowest BCUT2D eigenvalue weighted by Crippen LogP contribution is -2.16. The highest BCUT2D eigenvalue weighted by atomic mass is 32.1. The van der Waals surface area contributed by atoms with E-state index < -0.39 is 22.5 Å². The molecule has 3 rings (SSSR count). The molecule has 2 aromatic heterocycles. The van der Waals surface area contributed by atoms with Crippen LogP contribution < -0.4 is 5.32 Å². The average molecular weight is 350 g/mol. The highest BCUT2D eigenvalue weighted by Gasteiger charge is 2.29. The van der Waals surface area contributed by atoms with Crippen molar-refractivity contribution < 1.29 is 19.2 Å². The summed E-state index contributed by atoms with van der Waals surface area (Å²) in [7, 11) is 1.28. The van der Waals surface area contributed by atoms with Crippen LogP contribution >= 0.6 is 11.3 Å². The topological polar surface area (TPSA) is 127 Å². The number of hydrogen-bond acceptors (Lipinski definition) is 7. The molecule has 0 atom stereocenters. The fourth-order valence-electron chi connectivity index (χ4n) is 2.72. The smallest absolute Gasteiger partial charge is 0.341 e. The van der Waals surface area contributed by atoms with Gasteiger partial charge in [0, 0.05) is 4.88 Å². The van der Waals surface area contributed by atoms with Gasteiger partial charge in [-0.15, -0.1) is 11.3 Å². The van der Waals surface area contributed by atoms with E-state index in [0.29, 0.717) is 10.6 Å². The van der Waals surface area contributed by atoms with Crippen molar-refractivity contribution in [2.75, 3.05) is 12.4 Å². The number of esters is 1. The number of carbonyl (C=O) groups is 2. The molecular formula is C14H14N4O5S. The molecule has 1 aliphatic rings. The largest absolute Gasteiger partial charge is 0.465 e. The van der Waals surface area contributed by atoms with Crippen LogP contribution in [-0.2, 0) is 17.6 Å². The lowest BCUT2D eigenvalue weighted by Gasteiger charge is -2.11. The summed E-state index contributed by atoms with van der Waals surface area (Å²) in [5, 5.41) is 19.7. The average Bonchev–Trinajstić information content (AvgIpc) is 3.18. The highest BCUT2D eigenvalue weighted by Crippen LogP contribution is 2.38. The van der Waals surface area contributed by atoms with E-state index in [0.717, 1.165) is 42.3 Å². The quantitative estimate of drug-likeness (QED) is 0.495. The number of aromatic nitrogens is 2. The van der Waals surface area contributed by atoms with Gasteiger partial charge >= 0.3 is 11.7 Å². The fraction of sp³-hybridized carbons (Fsp3) is 0.357. The molecule has 0 saturated carbocycles. The number of fused-ring (bicyclic) bond motifs is 1. The Kier molecular flexibility index (Phi) is 4.30. The molecule has 126 valence electrons. The molecule has 0 spiro atoms. The van der Waals surface area contributed by atoms with Crippen LogP contribution in [0.3, 0.4) is 0 Å². The number of thiophene rings is 1. The predicted molar refractivity (Wildman–Crippen MR) is 85.5 cm³/mol. The van der Waals surface area contributed by atoms with E-state index in [1.807, 2.05) is 0 Å². The van der Waals surface area contributed by atoms with Crippen LogP contribution in [0.5, 0.6) is 0 Å². The number of nitro groups is 1. The van der Waals surface area contributed by atoms with Gasteiger partial charge in [-0.1, -0.05) is 0 Å². The second-order valence-electron chi connectivity index (χ2n) is 5.25. The first-order chi connectivity index (χ1) is 11.5. The molecule has 0 bridgehead atoms. The first kappa shape index (κ1) is 16.1. The van der Waals surface area contributed by atoms with Crippen LogP contribution in [-0.4, -0.2) is 34.1 Å². The molecule has 0 saturated heterocycles. The predicted octanol–water partition coefficient (Wildman–Crippen LogP) is 2.30. The second kappa shape index (κ2) is 6.40. The summed E-state index contributed by atoms with van der Waals surface area (Å²) in [6, 6.07) is 0. The number of anilines is 1. The van der Waals surface area contributed by atoms with Crippen molar-refractivity contribution in [2.24, 2.45) is 0 Å². The van der Waals surface area contributed by atoms with Crippen molar-refractivity contribution >= 4 is 33.9 Å². The Labute approximate surface area is 140 Å². The van der Waals surface area contributed by atoms with E-state index in [-0.39, 0.29) is 5.69 Å². The zero-order valence-corrected chi connectivity index (χ0v) is 13.6. The summed E-state index contributed by atoms with van der Waals surface area (Å²) < 4.78 is 4.82. The number of rotatable bonds is 4. The van der Waals surface area contributed by atoms with E-state index >= 15 is 0 Å². The van der Waals surface area contributed by atoms with Crippen molar-refractivity contribution in [3.05, 3.63) is 38.0 Å². The molecule has 0 radical (unpaired) electrons. The van der Waals surface area contributed by atoms with E-state index in [9.17, 15) is 19.7 Å². The lowest BCUT2D eigenvalue weighted by molar-refractivity contribution is -0.385. The van der Waals surface area contributed by atoms with Gasteiger partial charge in [-0.25, -0.2) is 4.79 Å². The molecule has 0 aliphatic heterocycles. The number of carbonyl (C=O) groups excluding carboxylic acids is 2. The zero-order chi connectivity index (χ0) is 17.3. The van der Waals surface area contributed by atoms with Crippen LogP contribution in [0.25, 0.3) is 0 Å².